The van der Waals surface area contributed by atoms with Crippen molar-refractivity contribution in [3.63, 3.8) is 0 Å². The van der Waals surface area contributed by atoms with E-state index >= 15 is 0 Å². The summed E-state index contributed by atoms with van der Waals surface area (Å²) in [5.74, 6) is 2.50. The second kappa shape index (κ2) is 10.2. The molecule has 3 atom stereocenters. The minimum atomic E-state index is -0.520. The van der Waals surface area contributed by atoms with Crippen LogP contribution in [0.25, 0.3) is 5.57 Å². The molecule has 1 saturated heterocycles. The fourth-order valence-electron chi connectivity index (χ4n) is 4.62. The van der Waals surface area contributed by atoms with E-state index in [9.17, 15) is 10.1 Å². The number of hydrogen-bond donors (Lipinski definition) is 0. The Bertz CT molecular complexity index is 969. The van der Waals surface area contributed by atoms with Gasteiger partial charge in [0.2, 0.25) is 0 Å². The SMILES string of the molecule is C=C(CCC1CB(C#N)C(C(=O)OC(C)(C)C)C1)c1ccc(C(C)c2ccccc2)cc1. The van der Waals surface area contributed by atoms with E-state index in [0.717, 1.165) is 36.7 Å². The summed E-state index contributed by atoms with van der Waals surface area (Å²) in [6, 6.07) is 19.2. The van der Waals surface area contributed by atoms with Gasteiger partial charge in [-0.2, -0.15) is 0 Å². The third kappa shape index (κ3) is 6.13. The van der Waals surface area contributed by atoms with Gasteiger partial charge in [-0.1, -0.05) is 74.4 Å². The molecule has 0 saturated carbocycles. The summed E-state index contributed by atoms with van der Waals surface area (Å²) in [6.07, 6.45) is 3.31. The second-order valence-electron chi connectivity index (χ2n) is 10.1. The van der Waals surface area contributed by atoms with Crippen LogP contribution in [-0.2, 0) is 9.53 Å². The Labute approximate surface area is 193 Å². The van der Waals surface area contributed by atoms with Crippen LogP contribution in [0.3, 0.4) is 0 Å². The Kier molecular flexibility index (Phi) is 7.62. The van der Waals surface area contributed by atoms with Crippen molar-refractivity contribution in [1.82, 2.24) is 0 Å². The summed E-state index contributed by atoms with van der Waals surface area (Å²) in [5, 5.41) is 9.53. The van der Waals surface area contributed by atoms with Crippen LogP contribution in [0.1, 0.15) is 69.6 Å². The van der Waals surface area contributed by atoms with Crippen LogP contribution in [0.5, 0.6) is 0 Å². The first kappa shape index (κ1) is 23.9. The zero-order chi connectivity index (χ0) is 23.3. The molecule has 1 heterocycles. The van der Waals surface area contributed by atoms with Crippen LogP contribution < -0.4 is 0 Å². The summed E-state index contributed by atoms with van der Waals surface area (Å²) in [6.45, 7) is 11.9. The zero-order valence-electron chi connectivity index (χ0n) is 19.8. The highest BCUT2D eigenvalue weighted by molar-refractivity contribution is 6.72. The average Bonchev–Trinajstić information content (AvgIpc) is 3.20. The maximum Gasteiger partial charge on any atom is 0.303 e. The van der Waals surface area contributed by atoms with Crippen LogP contribution >= 0.6 is 0 Å². The van der Waals surface area contributed by atoms with Crippen molar-refractivity contribution in [2.24, 2.45) is 5.92 Å². The van der Waals surface area contributed by atoms with Crippen molar-refractivity contribution in [1.29, 1.82) is 5.26 Å². The molecule has 1 fully saturated rings. The van der Waals surface area contributed by atoms with E-state index in [-0.39, 0.29) is 18.5 Å². The molecule has 0 aliphatic carbocycles. The van der Waals surface area contributed by atoms with Crippen LogP contribution in [-0.4, -0.2) is 18.3 Å². The molecular weight excluding hydrogens is 393 g/mol. The lowest BCUT2D eigenvalue weighted by Crippen LogP contribution is -2.30. The molecule has 3 nitrogen and oxygen atoms in total. The van der Waals surface area contributed by atoms with E-state index < -0.39 is 5.60 Å². The highest BCUT2D eigenvalue weighted by atomic mass is 16.6. The number of carbonyl (C=O) groups excluding carboxylic acids is 1. The number of esters is 1. The lowest BCUT2D eigenvalue weighted by Gasteiger charge is -2.22. The topological polar surface area (TPSA) is 50.1 Å². The molecule has 1 aliphatic heterocycles. The van der Waals surface area contributed by atoms with E-state index in [1.54, 1.807) is 0 Å². The smallest absolute Gasteiger partial charge is 0.303 e. The third-order valence-electron chi connectivity index (χ3n) is 6.51. The Morgan fingerprint density at radius 1 is 1.16 bits per heavy atom. The average molecular weight is 427 g/mol. The highest BCUT2D eigenvalue weighted by Gasteiger charge is 2.43. The van der Waals surface area contributed by atoms with Crippen LogP contribution in [0.2, 0.25) is 12.1 Å². The summed E-state index contributed by atoms with van der Waals surface area (Å²) in [5.41, 5.74) is 4.35. The van der Waals surface area contributed by atoms with Crippen molar-refractivity contribution < 1.29 is 9.53 Å². The maximum atomic E-state index is 12.5. The highest BCUT2D eigenvalue weighted by Crippen LogP contribution is 2.40. The van der Waals surface area contributed by atoms with Crippen molar-refractivity contribution in [3.05, 3.63) is 77.9 Å². The maximum absolute atomic E-state index is 12.5. The minimum Gasteiger partial charge on any atom is -0.460 e. The van der Waals surface area contributed by atoms with Gasteiger partial charge in [0.05, 0.1) is 5.82 Å². The molecule has 3 rings (SSSR count). The van der Waals surface area contributed by atoms with Gasteiger partial charge in [0, 0.05) is 11.9 Å². The quantitative estimate of drug-likeness (QED) is 0.356. The normalized spacial score (nSPS) is 19.3. The molecule has 0 radical (unpaired) electrons. The molecule has 0 spiro atoms. The van der Waals surface area contributed by atoms with E-state index in [1.807, 2.05) is 26.8 Å². The largest absolute Gasteiger partial charge is 0.460 e. The predicted octanol–water partition coefficient (Wildman–Crippen LogP) is 6.92. The van der Waals surface area contributed by atoms with Crippen LogP contribution in [0.4, 0.5) is 0 Å². The lowest BCUT2D eigenvalue weighted by atomic mass is 9.43. The summed E-state index contributed by atoms with van der Waals surface area (Å²) < 4.78 is 5.55. The lowest BCUT2D eigenvalue weighted by molar-refractivity contribution is -0.154. The number of hydrogen-bond acceptors (Lipinski definition) is 3. The standard InChI is InChI=1S/C28H34BNO2/c1-20(23-13-15-25(16-14-23)21(2)24-9-7-6-8-10-24)11-12-22-17-26(29(18-22)19-30)27(31)32-28(3,4)5/h6-10,13-16,21-22,26H,1,11-12,17-18H2,2-5H3. The van der Waals surface area contributed by atoms with Gasteiger partial charge in [-0.15, -0.1) is 0 Å². The fraction of sp³-hybridized carbons (Fsp3) is 0.429. The first-order valence-electron chi connectivity index (χ1n) is 11.6. The summed E-state index contributed by atoms with van der Waals surface area (Å²) in [4.78, 5) is 12.5. The predicted molar refractivity (Wildman–Crippen MR) is 133 cm³/mol. The van der Waals surface area contributed by atoms with Crippen LogP contribution in [0, 0.1) is 17.1 Å². The number of benzene rings is 2. The fourth-order valence-corrected chi connectivity index (χ4v) is 4.62. The monoisotopic (exact) mass is 427 g/mol. The van der Waals surface area contributed by atoms with E-state index in [4.69, 9.17) is 4.74 Å². The molecule has 0 amide bonds. The Balaban J connectivity index is 1.55. The number of carbonyl (C=O) groups is 1. The molecular formula is C28H34BNO2. The van der Waals surface area contributed by atoms with Gasteiger partial charge < -0.3 is 4.74 Å². The van der Waals surface area contributed by atoms with Crippen molar-refractivity contribution in [2.45, 2.75) is 70.6 Å². The van der Waals surface area contributed by atoms with Crippen molar-refractivity contribution >= 4 is 18.3 Å². The summed E-state index contributed by atoms with van der Waals surface area (Å²) in [7, 11) is 0. The molecule has 166 valence electrons. The van der Waals surface area contributed by atoms with Gasteiger partial charge in [0.25, 0.3) is 6.71 Å². The zero-order valence-corrected chi connectivity index (χ0v) is 19.8. The Morgan fingerprint density at radius 3 is 2.38 bits per heavy atom. The second-order valence-corrected chi connectivity index (χ2v) is 10.1. The van der Waals surface area contributed by atoms with Crippen molar-refractivity contribution in [3.8, 4) is 5.97 Å². The molecule has 0 aromatic heterocycles. The Morgan fingerprint density at radius 2 is 1.78 bits per heavy atom. The van der Waals surface area contributed by atoms with Gasteiger partial charge >= 0.3 is 5.97 Å². The van der Waals surface area contributed by atoms with Gasteiger partial charge in [0.1, 0.15) is 5.60 Å². The molecule has 3 unspecified atom stereocenters. The van der Waals surface area contributed by atoms with Gasteiger partial charge in [-0.05, 0) is 68.2 Å². The molecule has 4 heteroatoms. The molecule has 2 aromatic rings. The van der Waals surface area contributed by atoms with Crippen molar-refractivity contribution in [2.75, 3.05) is 0 Å². The van der Waals surface area contributed by atoms with E-state index in [1.165, 1.54) is 11.1 Å². The number of nitrogens with zero attached hydrogens (tertiary/aromatic N) is 1. The first-order valence-corrected chi connectivity index (χ1v) is 11.6. The molecule has 2 aromatic carbocycles. The minimum absolute atomic E-state index is 0.228. The van der Waals surface area contributed by atoms with Crippen LogP contribution in [0.15, 0.2) is 61.2 Å². The van der Waals surface area contributed by atoms with Gasteiger partial charge in [-0.3, -0.25) is 4.79 Å². The van der Waals surface area contributed by atoms with E-state index in [0.29, 0.717) is 11.8 Å². The number of ether oxygens (including phenoxy) is 1. The van der Waals surface area contributed by atoms with E-state index in [2.05, 4.69) is 68.0 Å². The number of allylic oxidation sites excluding steroid dienone is 1. The Hall–Kier alpha value is -2.80. The summed E-state index contributed by atoms with van der Waals surface area (Å²) >= 11 is 0. The van der Waals surface area contributed by atoms with Gasteiger partial charge in [-0.25, -0.2) is 5.26 Å². The van der Waals surface area contributed by atoms with Gasteiger partial charge in [0.15, 0.2) is 0 Å². The number of nitriles is 1. The molecule has 0 bridgehead atoms. The molecule has 1 aliphatic rings. The number of rotatable bonds is 7. The molecule has 0 N–H and O–H groups in total. The first-order chi connectivity index (χ1) is 15.2. The molecule has 32 heavy (non-hydrogen) atoms. The third-order valence-corrected chi connectivity index (χ3v) is 6.51.